The van der Waals surface area contributed by atoms with Gasteiger partial charge in [-0.2, -0.15) is 5.10 Å². The van der Waals surface area contributed by atoms with Crippen LogP contribution < -0.4 is 0 Å². The van der Waals surface area contributed by atoms with Crippen LogP contribution in [-0.2, 0) is 18.4 Å². The summed E-state index contributed by atoms with van der Waals surface area (Å²) in [6.45, 7) is 10.7. The van der Waals surface area contributed by atoms with Crippen LogP contribution in [0.4, 0.5) is 0 Å². The van der Waals surface area contributed by atoms with Crippen LogP contribution in [0.5, 0.6) is 0 Å². The first kappa shape index (κ1) is 16.0. The van der Waals surface area contributed by atoms with Gasteiger partial charge in [-0.3, -0.25) is 14.4 Å². The van der Waals surface area contributed by atoms with Gasteiger partial charge >= 0.3 is 0 Å². The summed E-state index contributed by atoms with van der Waals surface area (Å²) in [5.74, 6) is 0.485. The molecule has 0 saturated carbocycles. The molecule has 1 amide bonds. The molecule has 0 radical (unpaired) electrons. The molecule has 1 saturated heterocycles. The lowest BCUT2D eigenvalue weighted by Crippen LogP contribution is -2.44. The third-order valence-corrected chi connectivity index (χ3v) is 4.57. The van der Waals surface area contributed by atoms with Crippen molar-refractivity contribution in [2.45, 2.75) is 40.2 Å². The average Bonchev–Trinajstić information content (AvgIpc) is 2.80. The lowest BCUT2D eigenvalue weighted by molar-refractivity contribution is -0.137. The highest BCUT2D eigenvalue weighted by atomic mass is 16.2. The van der Waals surface area contributed by atoms with Gasteiger partial charge in [-0.15, -0.1) is 0 Å². The van der Waals surface area contributed by atoms with E-state index < -0.39 is 0 Å². The molecule has 2 rings (SSSR count). The van der Waals surface area contributed by atoms with Crippen molar-refractivity contribution >= 4 is 5.91 Å². The predicted molar refractivity (Wildman–Crippen MR) is 83.9 cm³/mol. The van der Waals surface area contributed by atoms with Crippen LogP contribution in [-0.4, -0.2) is 51.7 Å². The molecule has 1 atom stereocenters. The van der Waals surface area contributed by atoms with Gasteiger partial charge in [-0.25, -0.2) is 0 Å². The topological polar surface area (TPSA) is 41.4 Å². The van der Waals surface area contributed by atoms with Gasteiger partial charge in [-0.1, -0.05) is 0 Å². The third kappa shape index (κ3) is 3.64. The van der Waals surface area contributed by atoms with E-state index in [1.807, 2.05) is 22.8 Å². The number of likely N-dealkylation sites (tertiary alicyclic amines) is 1. The molecular formula is C16H28N4O. The number of aryl methyl sites for hydroxylation is 2. The number of hydrogen-bond acceptors (Lipinski definition) is 3. The molecule has 2 heterocycles. The summed E-state index contributed by atoms with van der Waals surface area (Å²) in [4.78, 5) is 16.9. The monoisotopic (exact) mass is 292 g/mol. The Morgan fingerprint density at radius 3 is 2.71 bits per heavy atom. The van der Waals surface area contributed by atoms with E-state index in [0.29, 0.717) is 5.91 Å². The minimum absolute atomic E-state index is 0.159. The zero-order chi connectivity index (χ0) is 15.4. The van der Waals surface area contributed by atoms with Gasteiger partial charge in [-0.05, 0) is 45.7 Å². The smallest absolute Gasteiger partial charge is 0.226 e. The second-order valence-electron chi connectivity index (χ2n) is 5.98. The molecule has 0 N–H and O–H groups in total. The minimum atomic E-state index is 0.159. The highest BCUT2D eigenvalue weighted by Gasteiger charge is 2.28. The van der Waals surface area contributed by atoms with Gasteiger partial charge < -0.3 is 4.90 Å². The Morgan fingerprint density at radius 1 is 1.43 bits per heavy atom. The summed E-state index contributed by atoms with van der Waals surface area (Å²) >= 11 is 0. The van der Waals surface area contributed by atoms with E-state index in [1.165, 1.54) is 11.3 Å². The molecule has 1 aromatic heterocycles. The van der Waals surface area contributed by atoms with E-state index in [2.05, 4.69) is 30.8 Å². The summed E-state index contributed by atoms with van der Waals surface area (Å²) < 4.78 is 1.95. The predicted octanol–water partition coefficient (Wildman–Crippen LogP) is 1.81. The van der Waals surface area contributed by atoms with Crippen LogP contribution in [0.25, 0.3) is 0 Å². The number of rotatable bonds is 5. The number of hydrogen-bond donors (Lipinski definition) is 0. The van der Waals surface area contributed by atoms with Crippen molar-refractivity contribution in [3.05, 3.63) is 17.5 Å². The average molecular weight is 292 g/mol. The lowest BCUT2D eigenvalue weighted by atomic mass is 9.96. The standard InChI is InChI=1S/C16H28N4O/c1-5-20(6-2)16(21)14-8-7-9-19(11-14)12-15-13(3)10-17-18(15)4/h10,14H,5-9,11-12H2,1-4H3. The van der Waals surface area contributed by atoms with E-state index in [-0.39, 0.29) is 5.92 Å². The van der Waals surface area contributed by atoms with Crippen molar-refractivity contribution in [2.24, 2.45) is 13.0 Å². The van der Waals surface area contributed by atoms with Gasteiger partial charge in [0.15, 0.2) is 0 Å². The third-order valence-electron chi connectivity index (χ3n) is 4.57. The molecule has 0 spiro atoms. The molecule has 5 heteroatoms. The lowest BCUT2D eigenvalue weighted by Gasteiger charge is -2.34. The van der Waals surface area contributed by atoms with E-state index in [0.717, 1.165) is 45.6 Å². The molecule has 0 aromatic carbocycles. The maximum Gasteiger partial charge on any atom is 0.226 e. The van der Waals surface area contributed by atoms with Gasteiger partial charge in [0.05, 0.1) is 17.8 Å². The van der Waals surface area contributed by atoms with Gasteiger partial charge in [0.2, 0.25) is 5.91 Å². The maximum absolute atomic E-state index is 12.5. The Balaban J connectivity index is 1.99. The van der Waals surface area contributed by atoms with E-state index in [4.69, 9.17) is 0 Å². The Labute approximate surface area is 127 Å². The molecule has 5 nitrogen and oxygen atoms in total. The number of piperidine rings is 1. The van der Waals surface area contributed by atoms with Crippen molar-refractivity contribution in [2.75, 3.05) is 26.2 Å². The highest BCUT2D eigenvalue weighted by molar-refractivity contribution is 5.79. The van der Waals surface area contributed by atoms with Crippen LogP contribution in [0.2, 0.25) is 0 Å². The molecular weight excluding hydrogens is 264 g/mol. The van der Waals surface area contributed by atoms with E-state index in [1.54, 1.807) is 0 Å². The van der Waals surface area contributed by atoms with Gasteiger partial charge in [0.1, 0.15) is 0 Å². The first-order chi connectivity index (χ1) is 10.1. The van der Waals surface area contributed by atoms with Crippen molar-refractivity contribution in [1.29, 1.82) is 0 Å². The van der Waals surface area contributed by atoms with Crippen LogP contribution >= 0.6 is 0 Å². The zero-order valence-electron chi connectivity index (χ0n) is 13.8. The highest BCUT2D eigenvalue weighted by Crippen LogP contribution is 2.21. The molecule has 118 valence electrons. The van der Waals surface area contributed by atoms with Crippen LogP contribution in [0, 0.1) is 12.8 Å². The summed E-state index contributed by atoms with van der Waals surface area (Å²) in [7, 11) is 1.99. The van der Waals surface area contributed by atoms with E-state index in [9.17, 15) is 4.79 Å². The summed E-state index contributed by atoms with van der Waals surface area (Å²) in [6, 6.07) is 0. The Bertz CT molecular complexity index is 459. The Morgan fingerprint density at radius 2 is 2.14 bits per heavy atom. The molecule has 1 unspecified atom stereocenters. The Kier molecular flexibility index (Phi) is 5.39. The normalized spacial score (nSPS) is 19.7. The number of nitrogens with zero attached hydrogens (tertiary/aromatic N) is 4. The van der Waals surface area contributed by atoms with E-state index >= 15 is 0 Å². The molecule has 0 aliphatic carbocycles. The van der Waals surface area contributed by atoms with Crippen LogP contribution in [0.1, 0.15) is 37.9 Å². The molecule has 1 aliphatic heterocycles. The number of aromatic nitrogens is 2. The van der Waals surface area contributed by atoms with Crippen molar-refractivity contribution in [1.82, 2.24) is 19.6 Å². The molecule has 1 aliphatic rings. The molecule has 1 fully saturated rings. The second-order valence-corrected chi connectivity index (χ2v) is 5.98. The Hall–Kier alpha value is -1.36. The van der Waals surface area contributed by atoms with Crippen LogP contribution in [0.15, 0.2) is 6.20 Å². The van der Waals surface area contributed by atoms with Crippen LogP contribution in [0.3, 0.4) is 0 Å². The fourth-order valence-corrected chi connectivity index (χ4v) is 3.21. The first-order valence-corrected chi connectivity index (χ1v) is 8.05. The first-order valence-electron chi connectivity index (χ1n) is 8.05. The summed E-state index contributed by atoms with van der Waals surface area (Å²) in [5, 5.41) is 4.31. The van der Waals surface area contributed by atoms with Gasteiger partial charge in [0, 0.05) is 33.2 Å². The molecule has 0 bridgehead atoms. The molecule has 21 heavy (non-hydrogen) atoms. The van der Waals surface area contributed by atoms with Crippen molar-refractivity contribution in [3.8, 4) is 0 Å². The van der Waals surface area contributed by atoms with Gasteiger partial charge in [0.25, 0.3) is 0 Å². The quantitative estimate of drug-likeness (QED) is 0.831. The largest absolute Gasteiger partial charge is 0.343 e. The minimum Gasteiger partial charge on any atom is -0.343 e. The zero-order valence-corrected chi connectivity index (χ0v) is 13.8. The van der Waals surface area contributed by atoms with Crippen molar-refractivity contribution in [3.63, 3.8) is 0 Å². The fraction of sp³-hybridized carbons (Fsp3) is 0.750. The van der Waals surface area contributed by atoms with Crippen molar-refractivity contribution < 1.29 is 4.79 Å². The maximum atomic E-state index is 12.5. The number of carbonyl (C=O) groups is 1. The summed E-state index contributed by atoms with van der Waals surface area (Å²) in [5.41, 5.74) is 2.49. The number of carbonyl (C=O) groups excluding carboxylic acids is 1. The SMILES string of the molecule is CCN(CC)C(=O)C1CCCN(Cc2c(C)cnn2C)C1. The second kappa shape index (κ2) is 7.07. The fourth-order valence-electron chi connectivity index (χ4n) is 3.21. The summed E-state index contributed by atoms with van der Waals surface area (Å²) in [6.07, 6.45) is 4.04. The molecule has 1 aromatic rings. The number of amides is 1.